The first kappa shape index (κ1) is 17.5. The van der Waals surface area contributed by atoms with Crippen LogP contribution in [-0.2, 0) is 33.7 Å². The molecule has 1 aromatic heterocycles. The highest BCUT2D eigenvalue weighted by Crippen LogP contribution is 2.39. The van der Waals surface area contributed by atoms with Gasteiger partial charge in [0.2, 0.25) is 0 Å². The van der Waals surface area contributed by atoms with E-state index in [-0.39, 0.29) is 18.5 Å². The number of carbonyl (C=O) groups excluding carboxylic acids is 2. The van der Waals surface area contributed by atoms with E-state index in [2.05, 4.69) is 0 Å². The van der Waals surface area contributed by atoms with Gasteiger partial charge in [-0.2, -0.15) is 0 Å². The third-order valence-electron chi connectivity index (χ3n) is 4.48. The first-order valence-corrected chi connectivity index (χ1v) is 9.08. The zero-order chi connectivity index (χ0) is 17.8. The standard InChI is InChI=1S/C19H21NO4S/c1-23-19(22)17-14-9-13(7-8-15(14)25-18(17)20)10-16(21)24-11-12-5-3-2-4-6-12/h2-6,13H,7-11,20H2,1H3. The van der Waals surface area contributed by atoms with E-state index in [0.29, 0.717) is 23.4 Å². The highest BCUT2D eigenvalue weighted by Gasteiger charge is 2.29. The molecule has 6 heteroatoms. The highest BCUT2D eigenvalue weighted by molar-refractivity contribution is 7.16. The van der Waals surface area contributed by atoms with Gasteiger partial charge >= 0.3 is 11.9 Å². The molecule has 0 bridgehead atoms. The smallest absolute Gasteiger partial charge is 0.341 e. The Morgan fingerprint density at radius 2 is 2.04 bits per heavy atom. The van der Waals surface area contributed by atoms with E-state index >= 15 is 0 Å². The maximum Gasteiger partial charge on any atom is 0.341 e. The predicted molar refractivity (Wildman–Crippen MR) is 96.4 cm³/mol. The molecule has 2 aromatic rings. The van der Waals surface area contributed by atoms with Gasteiger partial charge in [0.05, 0.1) is 12.7 Å². The van der Waals surface area contributed by atoms with Gasteiger partial charge in [0.25, 0.3) is 0 Å². The topological polar surface area (TPSA) is 78.6 Å². The van der Waals surface area contributed by atoms with Crippen LogP contribution in [0.5, 0.6) is 0 Å². The van der Waals surface area contributed by atoms with Gasteiger partial charge < -0.3 is 15.2 Å². The number of methoxy groups -OCH3 is 1. The molecule has 0 saturated carbocycles. The lowest BCUT2D eigenvalue weighted by molar-refractivity contribution is -0.146. The molecule has 1 aliphatic rings. The molecule has 2 N–H and O–H groups in total. The number of hydrogen-bond acceptors (Lipinski definition) is 6. The summed E-state index contributed by atoms with van der Waals surface area (Å²) in [6.45, 7) is 0.288. The van der Waals surface area contributed by atoms with Crippen molar-refractivity contribution in [2.24, 2.45) is 5.92 Å². The summed E-state index contributed by atoms with van der Waals surface area (Å²) >= 11 is 1.45. The molecule has 0 aliphatic heterocycles. The van der Waals surface area contributed by atoms with Gasteiger partial charge in [-0.05, 0) is 36.3 Å². The number of anilines is 1. The Balaban J connectivity index is 1.61. The monoisotopic (exact) mass is 359 g/mol. The quantitative estimate of drug-likeness (QED) is 0.828. The van der Waals surface area contributed by atoms with Gasteiger partial charge in [-0.15, -0.1) is 11.3 Å². The lowest BCUT2D eigenvalue weighted by Gasteiger charge is -2.22. The number of thiophene rings is 1. The SMILES string of the molecule is COC(=O)c1c(N)sc2c1CC(CC(=O)OCc1ccccc1)CC2. The number of nitrogens with two attached hydrogens (primary N) is 1. The third-order valence-corrected chi connectivity index (χ3v) is 5.60. The van der Waals surface area contributed by atoms with Crippen molar-refractivity contribution in [2.45, 2.75) is 32.3 Å². The molecule has 0 saturated heterocycles. The van der Waals surface area contributed by atoms with Crippen LogP contribution in [0, 0.1) is 5.92 Å². The number of hydrogen-bond donors (Lipinski definition) is 1. The van der Waals surface area contributed by atoms with Crippen molar-refractivity contribution in [3.05, 3.63) is 51.9 Å². The summed E-state index contributed by atoms with van der Waals surface area (Å²) in [6, 6.07) is 9.62. The van der Waals surface area contributed by atoms with Crippen molar-refractivity contribution < 1.29 is 19.1 Å². The van der Waals surface area contributed by atoms with E-state index in [1.54, 1.807) is 0 Å². The summed E-state index contributed by atoms with van der Waals surface area (Å²) in [7, 11) is 1.35. The summed E-state index contributed by atoms with van der Waals surface area (Å²) in [4.78, 5) is 25.2. The van der Waals surface area contributed by atoms with E-state index in [1.807, 2.05) is 30.3 Å². The van der Waals surface area contributed by atoms with Gasteiger partial charge in [-0.25, -0.2) is 4.79 Å². The summed E-state index contributed by atoms with van der Waals surface area (Å²) in [5.41, 5.74) is 8.38. The highest BCUT2D eigenvalue weighted by atomic mass is 32.1. The zero-order valence-electron chi connectivity index (χ0n) is 14.1. The molecule has 5 nitrogen and oxygen atoms in total. The first-order valence-electron chi connectivity index (χ1n) is 8.26. The molecule has 0 spiro atoms. The molecule has 1 heterocycles. The van der Waals surface area contributed by atoms with Crippen molar-refractivity contribution in [2.75, 3.05) is 12.8 Å². The van der Waals surface area contributed by atoms with Crippen LogP contribution in [-0.4, -0.2) is 19.0 Å². The number of carbonyl (C=O) groups is 2. The maximum atomic E-state index is 12.1. The van der Waals surface area contributed by atoms with E-state index < -0.39 is 5.97 Å². The van der Waals surface area contributed by atoms with Crippen LogP contribution >= 0.6 is 11.3 Å². The van der Waals surface area contributed by atoms with Gasteiger partial charge in [0.15, 0.2) is 0 Å². The third kappa shape index (κ3) is 4.02. The minimum Gasteiger partial charge on any atom is -0.465 e. The van der Waals surface area contributed by atoms with Crippen LogP contribution in [0.4, 0.5) is 5.00 Å². The van der Waals surface area contributed by atoms with E-state index in [1.165, 1.54) is 18.4 Å². The lowest BCUT2D eigenvalue weighted by atomic mass is 9.84. The summed E-state index contributed by atoms with van der Waals surface area (Å²) < 4.78 is 10.2. The molecule has 132 valence electrons. The zero-order valence-corrected chi connectivity index (χ0v) is 14.9. The molecule has 1 aromatic carbocycles. The molecule has 0 radical (unpaired) electrons. The van der Waals surface area contributed by atoms with Crippen LogP contribution < -0.4 is 5.73 Å². The minimum absolute atomic E-state index is 0.160. The lowest BCUT2D eigenvalue weighted by Crippen LogP contribution is -2.20. The number of nitrogen functional groups attached to an aromatic ring is 1. The fraction of sp³-hybridized carbons (Fsp3) is 0.368. The number of fused-ring (bicyclic) bond motifs is 1. The molecule has 1 atom stereocenters. The van der Waals surface area contributed by atoms with Crippen LogP contribution in [0.25, 0.3) is 0 Å². The Morgan fingerprint density at radius 3 is 2.76 bits per heavy atom. The van der Waals surface area contributed by atoms with Crippen molar-refractivity contribution in [3.63, 3.8) is 0 Å². The molecule has 1 aliphatic carbocycles. The predicted octanol–water partition coefficient (Wildman–Crippen LogP) is 3.36. The second kappa shape index (κ2) is 7.70. The van der Waals surface area contributed by atoms with Gasteiger partial charge in [-0.1, -0.05) is 30.3 Å². The number of rotatable bonds is 5. The van der Waals surface area contributed by atoms with Crippen molar-refractivity contribution in [1.82, 2.24) is 0 Å². The largest absolute Gasteiger partial charge is 0.465 e. The van der Waals surface area contributed by atoms with E-state index in [0.717, 1.165) is 28.8 Å². The van der Waals surface area contributed by atoms with Gasteiger partial charge in [-0.3, -0.25) is 4.79 Å². The maximum absolute atomic E-state index is 12.1. The molecular formula is C19H21NO4S. The average Bonchev–Trinajstić information content (AvgIpc) is 2.95. The van der Waals surface area contributed by atoms with Crippen molar-refractivity contribution in [1.29, 1.82) is 0 Å². The second-order valence-corrected chi connectivity index (χ2v) is 7.33. The van der Waals surface area contributed by atoms with Crippen LogP contribution in [0.3, 0.4) is 0 Å². The molecular weight excluding hydrogens is 338 g/mol. The normalized spacial score (nSPS) is 16.1. The van der Waals surface area contributed by atoms with Crippen LogP contribution in [0.15, 0.2) is 30.3 Å². The molecule has 0 fully saturated rings. The van der Waals surface area contributed by atoms with Crippen LogP contribution in [0.2, 0.25) is 0 Å². The number of esters is 2. The Hall–Kier alpha value is -2.34. The van der Waals surface area contributed by atoms with Gasteiger partial charge in [0, 0.05) is 11.3 Å². The van der Waals surface area contributed by atoms with Crippen LogP contribution in [0.1, 0.15) is 39.2 Å². The number of ether oxygens (including phenoxy) is 2. The van der Waals surface area contributed by atoms with E-state index in [4.69, 9.17) is 15.2 Å². The van der Waals surface area contributed by atoms with Gasteiger partial charge in [0.1, 0.15) is 11.6 Å². The molecule has 0 amide bonds. The summed E-state index contributed by atoms with van der Waals surface area (Å²) in [5.74, 6) is -0.449. The Bertz CT molecular complexity index is 769. The summed E-state index contributed by atoms with van der Waals surface area (Å²) in [5, 5.41) is 0.504. The number of benzene rings is 1. The minimum atomic E-state index is -0.401. The van der Waals surface area contributed by atoms with Crippen molar-refractivity contribution in [3.8, 4) is 0 Å². The molecule has 3 rings (SSSR count). The van der Waals surface area contributed by atoms with E-state index in [9.17, 15) is 9.59 Å². The summed E-state index contributed by atoms with van der Waals surface area (Å²) in [6.07, 6.45) is 2.74. The Morgan fingerprint density at radius 1 is 1.28 bits per heavy atom. The average molecular weight is 359 g/mol. The molecule has 1 unspecified atom stereocenters. The first-order chi connectivity index (χ1) is 12.1. The number of aryl methyl sites for hydroxylation is 1. The fourth-order valence-corrected chi connectivity index (χ4v) is 4.31. The van der Waals surface area contributed by atoms with Crippen molar-refractivity contribution >= 4 is 28.3 Å². The second-order valence-electron chi connectivity index (χ2n) is 6.19. The fourth-order valence-electron chi connectivity index (χ4n) is 3.21. The Labute approximate surface area is 150 Å². The molecule has 25 heavy (non-hydrogen) atoms. The Kier molecular flexibility index (Phi) is 5.38.